The van der Waals surface area contributed by atoms with E-state index in [1.165, 1.54) is 0 Å². The standard InChI is InChI=1S/C19H27N3O2/c1-14(2)16-5-3-4-6-17(16)20-18(23)13-21-9-11-22(12-10-21)19(24)15-7-8-15/h3-6,14-15H,7-13H2,1-2H3,(H,20,23). The highest BCUT2D eigenvalue weighted by Gasteiger charge is 2.34. The van der Waals surface area contributed by atoms with Crippen molar-refractivity contribution in [3.8, 4) is 0 Å². The highest BCUT2D eigenvalue weighted by Crippen LogP contribution is 2.31. The maximum absolute atomic E-state index is 12.4. The Hall–Kier alpha value is -1.88. The number of benzene rings is 1. The predicted octanol–water partition coefficient (Wildman–Crippen LogP) is 2.30. The second kappa shape index (κ2) is 7.34. The Kier molecular flexibility index (Phi) is 5.19. The summed E-state index contributed by atoms with van der Waals surface area (Å²) >= 11 is 0. The van der Waals surface area contributed by atoms with E-state index in [9.17, 15) is 9.59 Å². The summed E-state index contributed by atoms with van der Waals surface area (Å²) < 4.78 is 0. The van der Waals surface area contributed by atoms with Crippen molar-refractivity contribution < 1.29 is 9.59 Å². The number of piperazine rings is 1. The third-order valence-corrected chi connectivity index (χ3v) is 4.83. The molecule has 0 aromatic heterocycles. The first-order valence-electron chi connectivity index (χ1n) is 8.94. The molecule has 1 heterocycles. The average Bonchev–Trinajstić information content (AvgIpc) is 3.40. The molecule has 0 spiro atoms. The zero-order valence-electron chi connectivity index (χ0n) is 14.6. The number of rotatable bonds is 5. The minimum Gasteiger partial charge on any atom is -0.340 e. The molecule has 1 aliphatic heterocycles. The molecule has 2 fully saturated rings. The number of hydrogen-bond acceptors (Lipinski definition) is 3. The van der Waals surface area contributed by atoms with E-state index < -0.39 is 0 Å². The predicted molar refractivity (Wildman–Crippen MR) is 94.9 cm³/mol. The van der Waals surface area contributed by atoms with Crippen molar-refractivity contribution in [2.24, 2.45) is 5.92 Å². The number of hydrogen-bond donors (Lipinski definition) is 1. The molecule has 24 heavy (non-hydrogen) atoms. The summed E-state index contributed by atoms with van der Waals surface area (Å²) in [5.41, 5.74) is 2.06. The molecule has 2 amide bonds. The van der Waals surface area contributed by atoms with Crippen LogP contribution in [0.15, 0.2) is 24.3 Å². The van der Waals surface area contributed by atoms with Crippen LogP contribution in [0.3, 0.4) is 0 Å². The van der Waals surface area contributed by atoms with Crippen molar-refractivity contribution in [1.82, 2.24) is 9.80 Å². The smallest absolute Gasteiger partial charge is 0.238 e. The lowest BCUT2D eigenvalue weighted by molar-refractivity contribution is -0.134. The maximum atomic E-state index is 12.4. The van der Waals surface area contributed by atoms with Gasteiger partial charge in [-0.15, -0.1) is 0 Å². The van der Waals surface area contributed by atoms with Crippen LogP contribution in [0.25, 0.3) is 0 Å². The van der Waals surface area contributed by atoms with E-state index in [2.05, 4.69) is 30.1 Å². The fourth-order valence-corrected chi connectivity index (χ4v) is 3.22. The Balaban J connectivity index is 1.48. The van der Waals surface area contributed by atoms with Gasteiger partial charge in [0.15, 0.2) is 0 Å². The Morgan fingerprint density at radius 3 is 2.42 bits per heavy atom. The fraction of sp³-hybridized carbons (Fsp3) is 0.579. The number of nitrogens with one attached hydrogen (secondary N) is 1. The summed E-state index contributed by atoms with van der Waals surface area (Å²) in [7, 11) is 0. The molecule has 1 aliphatic carbocycles. The molecular weight excluding hydrogens is 302 g/mol. The monoisotopic (exact) mass is 329 g/mol. The quantitative estimate of drug-likeness (QED) is 0.902. The normalized spacial score (nSPS) is 18.7. The van der Waals surface area contributed by atoms with Crippen LogP contribution in [0, 0.1) is 5.92 Å². The minimum absolute atomic E-state index is 0.0186. The Morgan fingerprint density at radius 2 is 1.79 bits per heavy atom. The number of para-hydroxylation sites is 1. The van der Waals surface area contributed by atoms with Gasteiger partial charge >= 0.3 is 0 Å². The molecule has 5 nitrogen and oxygen atoms in total. The summed E-state index contributed by atoms with van der Waals surface area (Å²) in [5.74, 6) is 0.987. The molecule has 0 unspecified atom stereocenters. The summed E-state index contributed by atoms with van der Waals surface area (Å²) in [6.07, 6.45) is 2.10. The van der Waals surface area contributed by atoms with Gasteiger partial charge in [-0.05, 0) is 30.4 Å². The molecule has 1 aromatic carbocycles. The fourth-order valence-electron chi connectivity index (χ4n) is 3.22. The lowest BCUT2D eigenvalue weighted by Gasteiger charge is -2.34. The van der Waals surface area contributed by atoms with Gasteiger partial charge in [0.25, 0.3) is 0 Å². The number of amides is 2. The molecule has 3 rings (SSSR count). The number of nitrogens with zero attached hydrogens (tertiary/aromatic N) is 2. The Labute approximate surface area is 144 Å². The first-order chi connectivity index (χ1) is 11.5. The van der Waals surface area contributed by atoms with Crippen molar-refractivity contribution in [2.75, 3.05) is 38.0 Å². The lowest BCUT2D eigenvalue weighted by atomic mass is 10.0. The summed E-state index contributed by atoms with van der Waals surface area (Å²) in [6, 6.07) is 7.97. The van der Waals surface area contributed by atoms with Crippen molar-refractivity contribution >= 4 is 17.5 Å². The molecule has 130 valence electrons. The molecule has 5 heteroatoms. The van der Waals surface area contributed by atoms with Gasteiger partial charge in [0.05, 0.1) is 6.54 Å². The number of anilines is 1. The first-order valence-corrected chi connectivity index (χ1v) is 8.94. The average molecular weight is 329 g/mol. The summed E-state index contributed by atoms with van der Waals surface area (Å²) in [4.78, 5) is 28.5. The lowest BCUT2D eigenvalue weighted by Crippen LogP contribution is -2.50. The van der Waals surface area contributed by atoms with Crippen molar-refractivity contribution in [1.29, 1.82) is 0 Å². The molecule has 0 atom stereocenters. The molecular formula is C19H27N3O2. The van der Waals surface area contributed by atoms with Crippen LogP contribution in [0.2, 0.25) is 0 Å². The van der Waals surface area contributed by atoms with E-state index in [-0.39, 0.29) is 11.8 Å². The van der Waals surface area contributed by atoms with Gasteiger partial charge in [0.1, 0.15) is 0 Å². The molecule has 1 saturated carbocycles. The van der Waals surface area contributed by atoms with Crippen LogP contribution in [0.1, 0.15) is 38.2 Å². The number of carbonyl (C=O) groups is 2. The highest BCUT2D eigenvalue weighted by atomic mass is 16.2. The second-order valence-electron chi connectivity index (χ2n) is 7.17. The molecule has 0 radical (unpaired) electrons. The van der Waals surface area contributed by atoms with Crippen LogP contribution >= 0.6 is 0 Å². The second-order valence-corrected chi connectivity index (χ2v) is 7.17. The molecule has 1 N–H and O–H groups in total. The van der Waals surface area contributed by atoms with E-state index in [0.29, 0.717) is 18.4 Å². The van der Waals surface area contributed by atoms with Gasteiger partial charge in [-0.25, -0.2) is 0 Å². The van der Waals surface area contributed by atoms with Crippen LogP contribution < -0.4 is 5.32 Å². The molecule has 1 aromatic rings. The molecule has 1 saturated heterocycles. The van der Waals surface area contributed by atoms with Gasteiger partial charge < -0.3 is 10.2 Å². The van der Waals surface area contributed by atoms with Crippen LogP contribution in [-0.4, -0.2) is 54.3 Å². The van der Waals surface area contributed by atoms with E-state index >= 15 is 0 Å². The van der Waals surface area contributed by atoms with Crippen LogP contribution in [-0.2, 0) is 9.59 Å². The SMILES string of the molecule is CC(C)c1ccccc1NC(=O)CN1CCN(C(=O)C2CC2)CC1. The number of carbonyl (C=O) groups excluding carboxylic acids is 2. The maximum Gasteiger partial charge on any atom is 0.238 e. The molecule has 2 aliphatic rings. The van der Waals surface area contributed by atoms with Crippen molar-refractivity contribution in [3.63, 3.8) is 0 Å². The van der Waals surface area contributed by atoms with Crippen LogP contribution in [0.5, 0.6) is 0 Å². The van der Waals surface area contributed by atoms with E-state index in [0.717, 1.165) is 50.3 Å². The third kappa shape index (κ3) is 4.15. The minimum atomic E-state index is 0.0186. The largest absolute Gasteiger partial charge is 0.340 e. The third-order valence-electron chi connectivity index (χ3n) is 4.83. The van der Waals surface area contributed by atoms with Gasteiger partial charge in [-0.3, -0.25) is 14.5 Å². The summed E-state index contributed by atoms with van der Waals surface area (Å²) in [5, 5.41) is 3.04. The van der Waals surface area contributed by atoms with Gasteiger partial charge in [0, 0.05) is 37.8 Å². The zero-order chi connectivity index (χ0) is 17.1. The summed E-state index contributed by atoms with van der Waals surface area (Å²) in [6.45, 7) is 7.67. The Morgan fingerprint density at radius 1 is 1.12 bits per heavy atom. The topological polar surface area (TPSA) is 52.7 Å². The van der Waals surface area contributed by atoms with Crippen molar-refractivity contribution in [2.45, 2.75) is 32.6 Å². The van der Waals surface area contributed by atoms with E-state index in [4.69, 9.17) is 0 Å². The van der Waals surface area contributed by atoms with Crippen LogP contribution in [0.4, 0.5) is 5.69 Å². The van der Waals surface area contributed by atoms with E-state index in [1.807, 2.05) is 23.1 Å². The Bertz CT molecular complexity index is 602. The first kappa shape index (κ1) is 17.0. The zero-order valence-corrected chi connectivity index (χ0v) is 14.6. The van der Waals surface area contributed by atoms with Gasteiger partial charge in [-0.1, -0.05) is 32.0 Å². The highest BCUT2D eigenvalue weighted by molar-refractivity contribution is 5.93. The van der Waals surface area contributed by atoms with Gasteiger partial charge in [0.2, 0.25) is 11.8 Å². The molecule has 0 bridgehead atoms. The van der Waals surface area contributed by atoms with Gasteiger partial charge in [-0.2, -0.15) is 0 Å². The van der Waals surface area contributed by atoms with E-state index in [1.54, 1.807) is 0 Å². The van der Waals surface area contributed by atoms with Crippen molar-refractivity contribution in [3.05, 3.63) is 29.8 Å².